The summed E-state index contributed by atoms with van der Waals surface area (Å²) in [6, 6.07) is 2.75. The van der Waals surface area contributed by atoms with Crippen LogP contribution in [-0.2, 0) is 6.42 Å². The topological polar surface area (TPSA) is 66.6 Å². The number of fused-ring (bicyclic) bond motifs is 1. The molecule has 1 aliphatic heterocycles. The summed E-state index contributed by atoms with van der Waals surface area (Å²) in [5, 5.41) is 9.28. The second kappa shape index (κ2) is 5.07. The zero-order valence-corrected chi connectivity index (χ0v) is 11.2. The molecule has 0 aromatic heterocycles. The van der Waals surface area contributed by atoms with Crippen LogP contribution in [0.3, 0.4) is 0 Å². The van der Waals surface area contributed by atoms with Gasteiger partial charge in [0.25, 0.3) is 0 Å². The molecule has 0 radical (unpaired) electrons. The molecule has 1 aromatic carbocycles. The van der Waals surface area contributed by atoms with E-state index in [0.717, 1.165) is 11.1 Å². The molecule has 19 heavy (non-hydrogen) atoms. The van der Waals surface area contributed by atoms with E-state index in [0.29, 0.717) is 25.3 Å². The summed E-state index contributed by atoms with van der Waals surface area (Å²) in [5.41, 5.74) is 7.43. The van der Waals surface area contributed by atoms with Crippen molar-refractivity contribution < 1.29 is 14.3 Å². The van der Waals surface area contributed by atoms with Gasteiger partial charge in [0.1, 0.15) is 5.82 Å². The molecule has 1 aliphatic rings. The number of nitrogens with zero attached hydrogens (tertiary/aromatic N) is 1. The highest BCUT2D eigenvalue weighted by Gasteiger charge is 2.31. The van der Waals surface area contributed by atoms with E-state index in [1.54, 1.807) is 6.07 Å². The number of amides is 1. The Kier molecular flexibility index (Phi) is 3.64. The minimum atomic E-state index is -0.950. The Balaban J connectivity index is 2.45. The number of nitrogens with two attached hydrogens (primary N) is 1. The average Bonchev–Trinajstić information content (AvgIpc) is 2.30. The summed E-state index contributed by atoms with van der Waals surface area (Å²) < 4.78 is 13.7. The minimum absolute atomic E-state index is 0.130. The smallest absolute Gasteiger partial charge is 0.407 e. The van der Waals surface area contributed by atoms with Crippen molar-refractivity contribution in [2.75, 3.05) is 12.3 Å². The molecule has 0 saturated carbocycles. The van der Waals surface area contributed by atoms with Gasteiger partial charge in [0.15, 0.2) is 0 Å². The second-order valence-electron chi connectivity index (χ2n) is 5.44. The Morgan fingerprint density at radius 1 is 1.58 bits per heavy atom. The van der Waals surface area contributed by atoms with Gasteiger partial charge < -0.3 is 15.7 Å². The Hall–Kier alpha value is -1.78. The van der Waals surface area contributed by atoms with Gasteiger partial charge >= 0.3 is 6.09 Å². The van der Waals surface area contributed by atoms with Crippen molar-refractivity contribution in [3.8, 4) is 0 Å². The van der Waals surface area contributed by atoms with Crippen LogP contribution in [0.25, 0.3) is 0 Å². The number of rotatable bonds is 2. The van der Waals surface area contributed by atoms with Crippen molar-refractivity contribution in [3.63, 3.8) is 0 Å². The number of halogens is 1. The van der Waals surface area contributed by atoms with Crippen LogP contribution in [0, 0.1) is 11.7 Å². The van der Waals surface area contributed by atoms with Crippen molar-refractivity contribution in [1.82, 2.24) is 4.90 Å². The third kappa shape index (κ3) is 2.64. The Morgan fingerprint density at radius 2 is 2.26 bits per heavy atom. The molecule has 0 spiro atoms. The number of hydrogen-bond donors (Lipinski definition) is 2. The quantitative estimate of drug-likeness (QED) is 0.808. The molecule has 5 heteroatoms. The van der Waals surface area contributed by atoms with Gasteiger partial charge in [0.05, 0.1) is 11.7 Å². The number of carboxylic acid groups (broad SMARTS) is 1. The number of nitrogen functional groups attached to an aromatic ring is 1. The zero-order chi connectivity index (χ0) is 14.2. The first-order valence-electron chi connectivity index (χ1n) is 6.47. The Morgan fingerprint density at radius 3 is 2.84 bits per heavy atom. The van der Waals surface area contributed by atoms with Crippen LogP contribution in [0.1, 0.15) is 37.4 Å². The molecule has 0 saturated heterocycles. The van der Waals surface area contributed by atoms with Crippen molar-refractivity contribution in [1.29, 1.82) is 0 Å². The lowest BCUT2D eigenvalue weighted by molar-refractivity contribution is 0.112. The van der Waals surface area contributed by atoms with E-state index in [2.05, 4.69) is 0 Å². The van der Waals surface area contributed by atoms with E-state index in [-0.39, 0.29) is 11.7 Å². The maximum Gasteiger partial charge on any atom is 0.407 e. The monoisotopic (exact) mass is 266 g/mol. The van der Waals surface area contributed by atoms with Crippen LogP contribution in [0.2, 0.25) is 0 Å². The van der Waals surface area contributed by atoms with Crippen LogP contribution in [-0.4, -0.2) is 22.6 Å². The largest absolute Gasteiger partial charge is 0.465 e. The molecule has 1 amide bonds. The summed E-state index contributed by atoms with van der Waals surface area (Å²) >= 11 is 0. The zero-order valence-electron chi connectivity index (χ0n) is 11.2. The van der Waals surface area contributed by atoms with Gasteiger partial charge in [0.2, 0.25) is 0 Å². The lowest BCUT2D eigenvalue weighted by Gasteiger charge is -2.36. The van der Waals surface area contributed by atoms with Crippen molar-refractivity contribution in [2.24, 2.45) is 5.92 Å². The molecule has 0 bridgehead atoms. The predicted molar refractivity (Wildman–Crippen MR) is 71.4 cm³/mol. The molecule has 0 aliphatic carbocycles. The summed E-state index contributed by atoms with van der Waals surface area (Å²) in [6.45, 7) is 4.49. The van der Waals surface area contributed by atoms with Crippen molar-refractivity contribution >= 4 is 11.8 Å². The highest BCUT2D eigenvalue weighted by Crippen LogP contribution is 2.36. The van der Waals surface area contributed by atoms with Gasteiger partial charge in [-0.1, -0.05) is 13.8 Å². The van der Waals surface area contributed by atoms with Crippen LogP contribution in [0.15, 0.2) is 12.1 Å². The van der Waals surface area contributed by atoms with Gasteiger partial charge in [-0.2, -0.15) is 0 Å². The fourth-order valence-electron chi connectivity index (χ4n) is 2.67. The fraction of sp³-hybridized carbons (Fsp3) is 0.500. The molecular weight excluding hydrogens is 247 g/mol. The van der Waals surface area contributed by atoms with E-state index < -0.39 is 11.9 Å². The first-order chi connectivity index (χ1) is 8.90. The molecule has 1 atom stereocenters. The first kappa shape index (κ1) is 13.6. The minimum Gasteiger partial charge on any atom is -0.465 e. The third-order valence-corrected chi connectivity index (χ3v) is 3.56. The number of anilines is 1. The molecule has 3 N–H and O–H groups in total. The normalized spacial score (nSPS) is 18.5. The van der Waals surface area contributed by atoms with Crippen LogP contribution in [0.4, 0.5) is 14.9 Å². The first-order valence-corrected chi connectivity index (χ1v) is 6.47. The molecule has 1 aromatic rings. The van der Waals surface area contributed by atoms with Crippen molar-refractivity contribution in [3.05, 3.63) is 29.1 Å². The average molecular weight is 266 g/mol. The van der Waals surface area contributed by atoms with E-state index in [1.807, 2.05) is 13.8 Å². The van der Waals surface area contributed by atoms with Crippen molar-refractivity contribution in [2.45, 2.75) is 32.7 Å². The van der Waals surface area contributed by atoms with Crippen LogP contribution >= 0.6 is 0 Å². The van der Waals surface area contributed by atoms with Gasteiger partial charge in [-0.3, -0.25) is 0 Å². The van der Waals surface area contributed by atoms with E-state index >= 15 is 0 Å². The fourth-order valence-corrected chi connectivity index (χ4v) is 2.67. The van der Waals surface area contributed by atoms with Crippen LogP contribution in [0.5, 0.6) is 0 Å². The lowest BCUT2D eigenvalue weighted by atomic mass is 9.87. The summed E-state index contributed by atoms with van der Waals surface area (Å²) in [7, 11) is 0. The molecule has 1 heterocycles. The summed E-state index contributed by atoms with van der Waals surface area (Å²) in [6.07, 6.45) is 0.317. The number of hydrogen-bond acceptors (Lipinski definition) is 2. The standard InChI is InChI=1S/C14H19FN2O2/c1-8(2)5-13-10-7-11(15)12(16)6-9(10)3-4-17(13)14(18)19/h6-8,13H,3-5,16H2,1-2H3,(H,18,19). The molecule has 1 unspecified atom stereocenters. The molecule has 104 valence electrons. The van der Waals surface area contributed by atoms with Gasteiger partial charge in [0, 0.05) is 6.54 Å². The molecular formula is C14H19FN2O2. The predicted octanol–water partition coefficient (Wildman–Crippen LogP) is 3.03. The van der Waals surface area contributed by atoms with E-state index in [9.17, 15) is 14.3 Å². The number of carbonyl (C=O) groups is 1. The SMILES string of the molecule is CC(C)CC1c2cc(F)c(N)cc2CCN1C(=O)O. The Bertz CT molecular complexity index is 502. The third-order valence-electron chi connectivity index (χ3n) is 3.56. The maximum atomic E-state index is 13.7. The molecule has 2 rings (SSSR count). The van der Waals surface area contributed by atoms with E-state index in [4.69, 9.17) is 5.73 Å². The van der Waals surface area contributed by atoms with Gasteiger partial charge in [-0.15, -0.1) is 0 Å². The summed E-state index contributed by atoms with van der Waals surface area (Å²) in [4.78, 5) is 12.7. The number of benzene rings is 1. The highest BCUT2D eigenvalue weighted by molar-refractivity contribution is 5.67. The maximum absolute atomic E-state index is 13.7. The second-order valence-corrected chi connectivity index (χ2v) is 5.44. The van der Waals surface area contributed by atoms with Crippen LogP contribution < -0.4 is 5.73 Å². The van der Waals surface area contributed by atoms with Gasteiger partial charge in [-0.05, 0) is 42.0 Å². The van der Waals surface area contributed by atoms with E-state index in [1.165, 1.54) is 11.0 Å². The lowest BCUT2D eigenvalue weighted by Crippen LogP contribution is -2.39. The highest BCUT2D eigenvalue weighted by atomic mass is 19.1. The summed E-state index contributed by atoms with van der Waals surface area (Å²) in [5.74, 6) is -0.141. The molecule has 0 fully saturated rings. The Labute approximate surface area is 112 Å². The molecule has 4 nitrogen and oxygen atoms in total. The van der Waals surface area contributed by atoms with Gasteiger partial charge in [-0.25, -0.2) is 9.18 Å².